The number of primary sulfonamides is 1. The molecule has 11 heteroatoms. The summed E-state index contributed by atoms with van der Waals surface area (Å²) in [5, 5.41) is 12.1. The summed E-state index contributed by atoms with van der Waals surface area (Å²) in [4.78, 5) is 16.5. The van der Waals surface area contributed by atoms with E-state index in [1.165, 1.54) is 23.9 Å². The number of carbonyl (C=O) groups excluding carboxylic acids is 1. The lowest BCUT2D eigenvalue weighted by Gasteiger charge is -2.05. The Kier molecular flexibility index (Phi) is 5.03. The van der Waals surface area contributed by atoms with Crippen molar-refractivity contribution in [1.82, 2.24) is 14.7 Å². The van der Waals surface area contributed by atoms with Gasteiger partial charge in [-0.3, -0.25) is 10.1 Å². The van der Waals surface area contributed by atoms with Crippen molar-refractivity contribution < 1.29 is 17.7 Å². The number of anilines is 1. The lowest BCUT2D eigenvalue weighted by Crippen LogP contribution is -2.14. The molecule has 0 aliphatic heterocycles. The van der Waals surface area contributed by atoms with Crippen molar-refractivity contribution in [3.05, 3.63) is 30.0 Å². The highest BCUT2D eigenvalue weighted by Crippen LogP contribution is 2.26. The molecule has 0 saturated heterocycles. The Hall–Kier alpha value is -2.37. The van der Waals surface area contributed by atoms with E-state index in [0.29, 0.717) is 22.9 Å². The topological polar surface area (TPSA) is 133 Å². The van der Waals surface area contributed by atoms with Crippen LogP contribution in [-0.2, 0) is 21.4 Å². The highest BCUT2D eigenvalue weighted by atomic mass is 32.2. The summed E-state index contributed by atoms with van der Waals surface area (Å²) < 4.78 is 29.8. The van der Waals surface area contributed by atoms with Crippen molar-refractivity contribution in [2.24, 2.45) is 5.14 Å². The number of hydrogen-bond acceptors (Lipinski definition) is 7. The Bertz CT molecular complexity index is 1070. The Morgan fingerprint density at radius 2 is 2.15 bits per heavy atom. The predicted octanol–water partition coefficient (Wildman–Crippen LogP) is 1.73. The van der Waals surface area contributed by atoms with Crippen LogP contribution >= 0.6 is 11.8 Å². The fraction of sp³-hybridized carbons (Fsp3) is 0.267. The first kappa shape index (κ1) is 18.4. The van der Waals surface area contributed by atoms with Gasteiger partial charge in [0.2, 0.25) is 21.8 Å². The molecule has 26 heavy (non-hydrogen) atoms. The molecule has 0 atom stereocenters. The minimum atomic E-state index is -3.80. The van der Waals surface area contributed by atoms with Gasteiger partial charge in [0.1, 0.15) is 0 Å². The molecule has 9 nitrogen and oxygen atoms in total. The maximum Gasteiger partial charge on any atom is 0.238 e. The van der Waals surface area contributed by atoms with Crippen LogP contribution in [0.5, 0.6) is 0 Å². The lowest BCUT2D eigenvalue weighted by molar-refractivity contribution is -0.113. The second-order valence-corrected chi connectivity index (χ2v) is 8.01. The van der Waals surface area contributed by atoms with Gasteiger partial charge in [-0.05, 0) is 32.0 Å². The van der Waals surface area contributed by atoms with Gasteiger partial charge < -0.3 is 9.09 Å². The minimum Gasteiger partial charge on any atom is -0.338 e. The highest BCUT2D eigenvalue weighted by Gasteiger charge is 2.16. The maximum absolute atomic E-state index is 12.0. The summed E-state index contributed by atoms with van der Waals surface area (Å²) in [6.07, 6.45) is 0. The van der Waals surface area contributed by atoms with Crippen molar-refractivity contribution in [3.8, 4) is 0 Å². The molecule has 0 unspecified atom stereocenters. The molecule has 0 aliphatic carbocycles. The molecule has 1 amide bonds. The largest absolute Gasteiger partial charge is 0.338 e. The number of thioether (sulfide) groups is 1. The van der Waals surface area contributed by atoms with Crippen molar-refractivity contribution in [2.75, 3.05) is 11.1 Å². The summed E-state index contributed by atoms with van der Waals surface area (Å²) in [7, 11) is -3.80. The SMILES string of the molecule is CCn1c(SCC(=O)Nc2cc(C)no2)nc2cc(S(N)(=O)=O)ccc21. The van der Waals surface area contributed by atoms with Gasteiger partial charge in [0, 0.05) is 12.6 Å². The zero-order valence-corrected chi connectivity index (χ0v) is 15.7. The first-order valence-corrected chi connectivity index (χ1v) is 10.2. The summed E-state index contributed by atoms with van der Waals surface area (Å²) in [5.41, 5.74) is 1.95. The average Bonchev–Trinajstić information content (AvgIpc) is 3.14. The second-order valence-electron chi connectivity index (χ2n) is 5.50. The van der Waals surface area contributed by atoms with E-state index >= 15 is 0 Å². The maximum atomic E-state index is 12.0. The molecule has 1 aromatic carbocycles. The summed E-state index contributed by atoms with van der Waals surface area (Å²) in [6.45, 7) is 4.32. The first-order chi connectivity index (χ1) is 12.3. The van der Waals surface area contributed by atoms with Gasteiger partial charge in [-0.1, -0.05) is 16.9 Å². The normalized spacial score (nSPS) is 11.8. The van der Waals surface area contributed by atoms with Crippen LogP contribution in [0.4, 0.5) is 5.88 Å². The standard InChI is InChI=1S/C15H17N5O4S2/c1-3-20-12-5-4-10(26(16,22)23)7-11(12)17-15(20)25-8-13(21)18-14-6-9(2)19-24-14/h4-7H,3,8H2,1-2H3,(H,18,21)(H2,16,22,23). The molecule has 2 heterocycles. The molecular weight excluding hydrogens is 378 g/mol. The van der Waals surface area contributed by atoms with E-state index in [0.717, 1.165) is 5.52 Å². The summed E-state index contributed by atoms with van der Waals surface area (Å²) >= 11 is 1.24. The molecule has 0 radical (unpaired) electrons. The molecular formula is C15H17N5O4S2. The average molecular weight is 395 g/mol. The number of nitrogens with two attached hydrogens (primary N) is 1. The zero-order valence-electron chi connectivity index (χ0n) is 14.1. The molecule has 0 aliphatic rings. The third-order valence-corrected chi connectivity index (χ3v) is 5.44. The molecule has 0 bridgehead atoms. The number of fused-ring (bicyclic) bond motifs is 1. The number of amides is 1. The van der Waals surface area contributed by atoms with Crippen molar-refractivity contribution in [3.63, 3.8) is 0 Å². The van der Waals surface area contributed by atoms with Crippen molar-refractivity contribution in [1.29, 1.82) is 0 Å². The third kappa shape index (κ3) is 3.89. The van der Waals surface area contributed by atoms with E-state index in [9.17, 15) is 13.2 Å². The van der Waals surface area contributed by atoms with Gasteiger partial charge in [0.05, 0.1) is 27.4 Å². The Labute approximate surface area is 154 Å². The van der Waals surface area contributed by atoms with E-state index in [-0.39, 0.29) is 22.4 Å². The second kappa shape index (κ2) is 7.09. The number of nitrogens with one attached hydrogen (secondary N) is 1. The van der Waals surface area contributed by atoms with Gasteiger partial charge >= 0.3 is 0 Å². The fourth-order valence-electron chi connectivity index (χ4n) is 2.41. The number of rotatable bonds is 6. The van der Waals surface area contributed by atoms with E-state index in [1.54, 1.807) is 19.1 Å². The zero-order chi connectivity index (χ0) is 18.9. The molecule has 0 spiro atoms. The molecule has 0 fully saturated rings. The van der Waals surface area contributed by atoms with Crippen LogP contribution in [0, 0.1) is 6.92 Å². The molecule has 3 rings (SSSR count). The van der Waals surface area contributed by atoms with Crippen LogP contribution in [0.3, 0.4) is 0 Å². The van der Waals surface area contributed by atoms with Crippen LogP contribution < -0.4 is 10.5 Å². The van der Waals surface area contributed by atoms with Gasteiger partial charge in [-0.25, -0.2) is 18.5 Å². The molecule has 138 valence electrons. The van der Waals surface area contributed by atoms with Gasteiger partial charge in [0.25, 0.3) is 0 Å². The molecule has 0 saturated carbocycles. The van der Waals surface area contributed by atoms with Gasteiger partial charge in [-0.2, -0.15) is 0 Å². The number of carbonyl (C=O) groups is 1. The highest BCUT2D eigenvalue weighted by molar-refractivity contribution is 7.99. The number of aryl methyl sites for hydroxylation is 2. The van der Waals surface area contributed by atoms with Crippen LogP contribution in [0.2, 0.25) is 0 Å². The van der Waals surface area contributed by atoms with Crippen LogP contribution in [0.15, 0.2) is 38.8 Å². The third-order valence-electron chi connectivity index (χ3n) is 3.55. The van der Waals surface area contributed by atoms with Crippen LogP contribution in [-0.4, -0.2) is 34.8 Å². The van der Waals surface area contributed by atoms with Crippen LogP contribution in [0.1, 0.15) is 12.6 Å². The Morgan fingerprint density at radius 3 is 2.77 bits per heavy atom. The first-order valence-electron chi connectivity index (χ1n) is 7.67. The Morgan fingerprint density at radius 1 is 1.38 bits per heavy atom. The number of aromatic nitrogens is 3. The number of imidazole rings is 1. The molecule has 2 aromatic heterocycles. The fourth-order valence-corrected chi connectivity index (χ4v) is 3.82. The van der Waals surface area contributed by atoms with Crippen molar-refractivity contribution >= 4 is 44.6 Å². The van der Waals surface area contributed by atoms with Gasteiger partial charge in [-0.15, -0.1) is 0 Å². The summed E-state index contributed by atoms with van der Waals surface area (Å²) in [5.74, 6) is 0.145. The number of hydrogen-bond donors (Lipinski definition) is 2. The molecule has 3 aromatic rings. The quantitative estimate of drug-likeness (QED) is 0.607. The lowest BCUT2D eigenvalue weighted by atomic mass is 10.3. The predicted molar refractivity (Wildman–Crippen MR) is 97.4 cm³/mol. The van der Waals surface area contributed by atoms with Crippen molar-refractivity contribution in [2.45, 2.75) is 30.4 Å². The Balaban J connectivity index is 1.79. The van der Waals surface area contributed by atoms with Gasteiger partial charge in [0.15, 0.2) is 5.16 Å². The monoisotopic (exact) mass is 395 g/mol. The number of nitrogens with zero attached hydrogens (tertiary/aromatic N) is 3. The number of benzene rings is 1. The van der Waals surface area contributed by atoms with E-state index in [1.807, 2.05) is 11.5 Å². The van der Waals surface area contributed by atoms with E-state index in [4.69, 9.17) is 9.66 Å². The minimum absolute atomic E-state index is 0.000681. The number of sulfonamides is 1. The molecule has 3 N–H and O–H groups in total. The van der Waals surface area contributed by atoms with Crippen LogP contribution in [0.25, 0.3) is 11.0 Å². The van der Waals surface area contributed by atoms with E-state index < -0.39 is 10.0 Å². The van der Waals surface area contributed by atoms with E-state index in [2.05, 4.69) is 15.5 Å². The smallest absolute Gasteiger partial charge is 0.238 e. The summed E-state index contributed by atoms with van der Waals surface area (Å²) in [6, 6.07) is 6.16.